The van der Waals surface area contributed by atoms with Crippen LogP contribution in [0.25, 0.3) is 11.0 Å². The third-order valence-corrected chi connectivity index (χ3v) is 7.18. The van der Waals surface area contributed by atoms with E-state index in [1.54, 1.807) is 16.7 Å². The van der Waals surface area contributed by atoms with Crippen LogP contribution in [0.5, 0.6) is 0 Å². The zero-order valence-corrected chi connectivity index (χ0v) is 19.2. The van der Waals surface area contributed by atoms with Crippen LogP contribution in [0.2, 0.25) is 5.02 Å². The van der Waals surface area contributed by atoms with Gasteiger partial charge in [0.2, 0.25) is 10.0 Å². The van der Waals surface area contributed by atoms with Gasteiger partial charge in [-0.25, -0.2) is 17.5 Å². The van der Waals surface area contributed by atoms with E-state index in [0.29, 0.717) is 22.6 Å². The Kier molecular flexibility index (Phi) is 7.23. The van der Waals surface area contributed by atoms with E-state index >= 15 is 0 Å². The summed E-state index contributed by atoms with van der Waals surface area (Å²) >= 11 is 6.10. The largest absolute Gasteiger partial charge is 0.389 e. The molecule has 0 aliphatic heterocycles. The standard InChI is InChI=1S/C21H26ClN3O5S/c1-4-24-19-10-9-17(31(28,29)23(2)3)11-20(19)25(21(24)27)12-16(26)14-30-13-15-7-5-6-8-18(15)22/h5-11,16,26H,4,12-14H2,1-3H3. The van der Waals surface area contributed by atoms with Gasteiger partial charge in [-0.2, -0.15) is 0 Å². The van der Waals surface area contributed by atoms with Gasteiger partial charge in [0.15, 0.2) is 0 Å². The Balaban J connectivity index is 1.85. The first-order chi connectivity index (χ1) is 14.7. The zero-order chi connectivity index (χ0) is 22.8. The second-order valence-corrected chi connectivity index (χ2v) is 9.89. The number of rotatable bonds is 9. The summed E-state index contributed by atoms with van der Waals surface area (Å²) in [6, 6.07) is 11.8. The summed E-state index contributed by atoms with van der Waals surface area (Å²) in [6.45, 7) is 2.44. The summed E-state index contributed by atoms with van der Waals surface area (Å²) in [4.78, 5) is 13.0. The smallest absolute Gasteiger partial charge is 0.329 e. The highest BCUT2D eigenvalue weighted by molar-refractivity contribution is 7.89. The Morgan fingerprint density at radius 2 is 1.84 bits per heavy atom. The first-order valence-corrected chi connectivity index (χ1v) is 11.6. The van der Waals surface area contributed by atoms with Crippen molar-refractivity contribution in [2.75, 3.05) is 20.7 Å². The van der Waals surface area contributed by atoms with Crippen molar-refractivity contribution >= 4 is 32.7 Å². The van der Waals surface area contributed by atoms with Crippen LogP contribution in [0, 0.1) is 0 Å². The lowest BCUT2D eigenvalue weighted by atomic mass is 10.2. The fourth-order valence-corrected chi connectivity index (χ4v) is 4.45. The van der Waals surface area contributed by atoms with E-state index in [9.17, 15) is 18.3 Å². The fourth-order valence-electron chi connectivity index (χ4n) is 3.34. The van der Waals surface area contributed by atoms with E-state index in [4.69, 9.17) is 16.3 Å². The van der Waals surface area contributed by atoms with E-state index < -0.39 is 16.1 Å². The van der Waals surface area contributed by atoms with Crippen LogP contribution < -0.4 is 5.69 Å². The molecule has 0 radical (unpaired) electrons. The molecule has 8 nitrogen and oxygen atoms in total. The number of hydrogen-bond acceptors (Lipinski definition) is 5. The van der Waals surface area contributed by atoms with Crippen molar-refractivity contribution in [1.82, 2.24) is 13.4 Å². The van der Waals surface area contributed by atoms with Crippen LogP contribution in [0.15, 0.2) is 52.2 Å². The molecule has 2 aromatic carbocycles. The lowest BCUT2D eigenvalue weighted by Crippen LogP contribution is -2.30. The van der Waals surface area contributed by atoms with Crippen molar-refractivity contribution in [2.24, 2.45) is 0 Å². The average Bonchev–Trinajstić information content (AvgIpc) is 2.99. The maximum atomic E-state index is 12.9. The Labute approximate surface area is 186 Å². The van der Waals surface area contributed by atoms with E-state index in [1.807, 2.05) is 25.1 Å². The summed E-state index contributed by atoms with van der Waals surface area (Å²) in [5, 5.41) is 11.1. The van der Waals surface area contributed by atoms with Crippen molar-refractivity contribution in [2.45, 2.75) is 37.6 Å². The molecule has 0 saturated carbocycles. The van der Waals surface area contributed by atoms with Gasteiger partial charge < -0.3 is 9.84 Å². The molecule has 1 heterocycles. The number of hydrogen-bond donors (Lipinski definition) is 1. The molecule has 3 rings (SSSR count). The normalized spacial score (nSPS) is 13.2. The molecule has 1 unspecified atom stereocenters. The number of aliphatic hydroxyl groups is 1. The molecule has 3 aromatic rings. The number of imidazole rings is 1. The second kappa shape index (κ2) is 9.54. The average molecular weight is 468 g/mol. The van der Waals surface area contributed by atoms with E-state index in [1.165, 1.54) is 30.8 Å². The SMILES string of the molecule is CCn1c(=O)n(CC(O)COCc2ccccc2Cl)c2cc(S(=O)(=O)N(C)C)ccc21. The van der Waals surface area contributed by atoms with Gasteiger partial charge in [-0.05, 0) is 36.8 Å². The lowest BCUT2D eigenvalue weighted by Gasteiger charge is -2.14. The highest BCUT2D eigenvalue weighted by atomic mass is 35.5. The second-order valence-electron chi connectivity index (χ2n) is 7.34. The predicted octanol–water partition coefficient (Wildman–Crippen LogP) is 2.30. The molecule has 0 bridgehead atoms. The number of benzene rings is 2. The summed E-state index contributed by atoms with van der Waals surface area (Å²) in [5.74, 6) is 0. The minimum Gasteiger partial charge on any atom is -0.389 e. The molecule has 0 aliphatic carbocycles. The van der Waals surface area contributed by atoms with Crippen molar-refractivity contribution in [3.05, 3.63) is 63.5 Å². The molecular weight excluding hydrogens is 442 g/mol. The molecule has 1 atom stereocenters. The molecule has 0 aliphatic rings. The van der Waals surface area contributed by atoms with Gasteiger partial charge in [0, 0.05) is 25.7 Å². The number of nitrogens with zero attached hydrogens (tertiary/aromatic N) is 3. The molecular formula is C21H26ClN3O5S. The van der Waals surface area contributed by atoms with Crippen LogP contribution in [-0.4, -0.2) is 53.8 Å². The van der Waals surface area contributed by atoms with Crippen LogP contribution in [0.1, 0.15) is 12.5 Å². The number of halogens is 1. The number of aromatic nitrogens is 2. The van der Waals surface area contributed by atoms with Crippen LogP contribution in [-0.2, 0) is 34.5 Å². The van der Waals surface area contributed by atoms with Gasteiger partial charge in [-0.1, -0.05) is 29.8 Å². The summed E-state index contributed by atoms with van der Waals surface area (Å²) in [6.07, 6.45) is -0.967. The predicted molar refractivity (Wildman–Crippen MR) is 120 cm³/mol. The Morgan fingerprint density at radius 3 is 2.48 bits per heavy atom. The molecule has 168 valence electrons. The van der Waals surface area contributed by atoms with Gasteiger partial charge in [-0.15, -0.1) is 0 Å². The third kappa shape index (κ3) is 4.86. The zero-order valence-electron chi connectivity index (χ0n) is 17.7. The molecule has 31 heavy (non-hydrogen) atoms. The summed E-state index contributed by atoms with van der Waals surface area (Å²) < 4.78 is 34.7. The van der Waals surface area contributed by atoms with Crippen LogP contribution >= 0.6 is 11.6 Å². The van der Waals surface area contributed by atoms with Crippen molar-refractivity contribution in [1.29, 1.82) is 0 Å². The third-order valence-electron chi connectivity index (χ3n) is 5.00. The Morgan fingerprint density at radius 1 is 1.13 bits per heavy atom. The van der Waals surface area contributed by atoms with Crippen molar-refractivity contribution < 1.29 is 18.3 Å². The number of sulfonamides is 1. The monoisotopic (exact) mass is 467 g/mol. The molecule has 1 aromatic heterocycles. The van der Waals surface area contributed by atoms with Gasteiger partial charge in [0.05, 0.1) is 41.8 Å². The Bertz CT molecular complexity index is 1230. The molecule has 10 heteroatoms. The highest BCUT2D eigenvalue weighted by Crippen LogP contribution is 2.21. The summed E-state index contributed by atoms with van der Waals surface area (Å²) in [5.41, 5.74) is 1.53. The number of aliphatic hydroxyl groups excluding tert-OH is 1. The fraction of sp³-hybridized carbons (Fsp3) is 0.381. The molecule has 0 spiro atoms. The number of aryl methyl sites for hydroxylation is 1. The molecule has 0 fully saturated rings. The topological polar surface area (TPSA) is 93.8 Å². The van der Waals surface area contributed by atoms with Crippen molar-refractivity contribution in [3.8, 4) is 0 Å². The molecule has 1 N–H and O–H groups in total. The van der Waals surface area contributed by atoms with Gasteiger partial charge in [0.1, 0.15) is 0 Å². The summed E-state index contributed by atoms with van der Waals surface area (Å²) in [7, 11) is -0.767. The first kappa shape index (κ1) is 23.5. The van der Waals surface area contributed by atoms with E-state index in [0.717, 1.165) is 9.87 Å². The number of fused-ring (bicyclic) bond motifs is 1. The van der Waals surface area contributed by atoms with Crippen molar-refractivity contribution in [3.63, 3.8) is 0 Å². The Hall–Kier alpha value is -2.17. The van der Waals surface area contributed by atoms with E-state index in [-0.39, 0.29) is 30.3 Å². The maximum Gasteiger partial charge on any atom is 0.329 e. The first-order valence-electron chi connectivity index (χ1n) is 9.81. The molecule has 0 saturated heterocycles. The van der Waals surface area contributed by atoms with Gasteiger partial charge in [0.25, 0.3) is 0 Å². The maximum absolute atomic E-state index is 12.9. The van der Waals surface area contributed by atoms with Crippen LogP contribution in [0.3, 0.4) is 0 Å². The van der Waals surface area contributed by atoms with Crippen LogP contribution in [0.4, 0.5) is 0 Å². The van der Waals surface area contributed by atoms with Gasteiger partial charge >= 0.3 is 5.69 Å². The van der Waals surface area contributed by atoms with Gasteiger partial charge in [-0.3, -0.25) is 9.13 Å². The number of ether oxygens (including phenoxy) is 1. The highest BCUT2D eigenvalue weighted by Gasteiger charge is 2.21. The molecule has 0 amide bonds. The minimum absolute atomic E-state index is 0.00779. The van der Waals surface area contributed by atoms with E-state index in [2.05, 4.69) is 0 Å². The minimum atomic E-state index is -3.66. The lowest BCUT2D eigenvalue weighted by molar-refractivity contribution is 0.0204. The quantitative estimate of drug-likeness (QED) is 0.521.